The summed E-state index contributed by atoms with van der Waals surface area (Å²) in [4.78, 5) is 12.0. The fourth-order valence-corrected chi connectivity index (χ4v) is 4.54. The van der Waals surface area contributed by atoms with Crippen molar-refractivity contribution in [1.82, 2.24) is 0 Å². The van der Waals surface area contributed by atoms with Crippen LogP contribution in [-0.4, -0.2) is 28.6 Å². The van der Waals surface area contributed by atoms with Crippen LogP contribution in [0.3, 0.4) is 0 Å². The molecule has 1 N–H and O–H groups in total. The number of nitrogens with one attached hydrogen (secondary N) is 1. The molecule has 0 saturated heterocycles. The number of halogens is 2. The van der Waals surface area contributed by atoms with Crippen LogP contribution in [0.25, 0.3) is 0 Å². The third-order valence-electron chi connectivity index (χ3n) is 3.64. The maximum Gasteiger partial charge on any atom is 0.343 e. The second kappa shape index (κ2) is 8.05. The van der Waals surface area contributed by atoms with Gasteiger partial charge in [-0.1, -0.05) is 13.0 Å². The molecule has 140 valence electrons. The van der Waals surface area contributed by atoms with E-state index in [1.165, 1.54) is 20.3 Å². The first-order valence-electron chi connectivity index (χ1n) is 7.51. The average Bonchev–Trinajstić information content (AvgIpc) is 2.59. The van der Waals surface area contributed by atoms with E-state index >= 15 is 0 Å². The molecule has 0 aromatic heterocycles. The Morgan fingerprint density at radius 3 is 2.46 bits per heavy atom. The van der Waals surface area contributed by atoms with Gasteiger partial charge in [0.1, 0.15) is 22.0 Å². The fraction of sp³-hybridized carbons (Fsp3) is 0.235. The normalized spacial score (nSPS) is 11.1. The molecule has 9 heteroatoms. The quantitative estimate of drug-likeness (QED) is 0.684. The number of ether oxygens (including phenoxy) is 2. The van der Waals surface area contributed by atoms with Gasteiger partial charge >= 0.3 is 5.97 Å². The molecule has 0 saturated carbocycles. The minimum Gasteiger partial charge on any atom is -0.495 e. The van der Waals surface area contributed by atoms with Crippen molar-refractivity contribution in [3.63, 3.8) is 0 Å². The van der Waals surface area contributed by atoms with Gasteiger partial charge < -0.3 is 9.47 Å². The monoisotopic (exact) mass is 445 g/mol. The number of methoxy groups -OCH3 is 2. The van der Waals surface area contributed by atoms with Crippen molar-refractivity contribution in [3.8, 4) is 5.75 Å². The molecule has 0 atom stereocenters. The van der Waals surface area contributed by atoms with Crippen LogP contribution in [0.2, 0.25) is 0 Å². The van der Waals surface area contributed by atoms with E-state index in [4.69, 9.17) is 9.47 Å². The van der Waals surface area contributed by atoms with E-state index < -0.39 is 21.8 Å². The number of hydrogen-bond donors (Lipinski definition) is 1. The second-order valence-electron chi connectivity index (χ2n) is 5.21. The van der Waals surface area contributed by atoms with Gasteiger partial charge in [0.25, 0.3) is 10.0 Å². The number of hydrogen-bond acceptors (Lipinski definition) is 5. The highest BCUT2D eigenvalue weighted by Gasteiger charge is 2.25. The van der Waals surface area contributed by atoms with Gasteiger partial charge in [0.15, 0.2) is 0 Å². The summed E-state index contributed by atoms with van der Waals surface area (Å²) in [6.07, 6.45) is 0.573. The van der Waals surface area contributed by atoms with Crippen LogP contribution in [0.1, 0.15) is 22.8 Å². The van der Waals surface area contributed by atoms with Crippen LogP contribution in [0.15, 0.2) is 39.7 Å². The average molecular weight is 446 g/mol. The highest BCUT2D eigenvalue weighted by Crippen LogP contribution is 2.34. The summed E-state index contributed by atoms with van der Waals surface area (Å²) < 4.78 is 51.1. The lowest BCUT2D eigenvalue weighted by atomic mass is 10.0. The first kappa shape index (κ1) is 20.2. The van der Waals surface area contributed by atoms with Crippen LogP contribution >= 0.6 is 15.9 Å². The topological polar surface area (TPSA) is 81.7 Å². The SMILES string of the molecule is CCc1ccc(NS(=O)(=O)c2ccc(F)cc2Br)c(C(=O)OC)c1OC. The highest BCUT2D eigenvalue weighted by molar-refractivity contribution is 9.10. The van der Waals surface area contributed by atoms with Crippen LogP contribution in [0.5, 0.6) is 5.75 Å². The molecule has 2 rings (SSSR count). The third-order valence-corrected chi connectivity index (χ3v) is 5.98. The first-order chi connectivity index (χ1) is 12.2. The maximum absolute atomic E-state index is 13.2. The van der Waals surface area contributed by atoms with Crippen LogP contribution in [-0.2, 0) is 21.2 Å². The lowest BCUT2D eigenvalue weighted by Crippen LogP contribution is -2.18. The number of carbonyl (C=O) groups excluding carboxylic acids is 1. The molecular formula is C17H17BrFNO5S. The summed E-state index contributed by atoms with van der Waals surface area (Å²) in [6.45, 7) is 1.87. The van der Waals surface area contributed by atoms with Crippen molar-refractivity contribution >= 4 is 37.6 Å². The van der Waals surface area contributed by atoms with Gasteiger partial charge in [-0.3, -0.25) is 4.72 Å². The molecule has 26 heavy (non-hydrogen) atoms. The molecule has 6 nitrogen and oxygen atoms in total. The Hall–Kier alpha value is -2.13. The van der Waals surface area contributed by atoms with Gasteiger partial charge in [-0.25, -0.2) is 17.6 Å². The molecule has 0 heterocycles. The zero-order valence-electron chi connectivity index (χ0n) is 14.3. The molecule has 0 bridgehead atoms. The van der Waals surface area contributed by atoms with Gasteiger partial charge in [0, 0.05) is 4.47 Å². The molecule has 0 aliphatic rings. The maximum atomic E-state index is 13.2. The molecule has 0 aliphatic heterocycles. The van der Waals surface area contributed by atoms with Gasteiger partial charge in [0.05, 0.1) is 19.9 Å². The van der Waals surface area contributed by atoms with Crippen molar-refractivity contribution < 1.29 is 27.1 Å². The lowest BCUT2D eigenvalue weighted by molar-refractivity contribution is 0.0598. The summed E-state index contributed by atoms with van der Waals surface area (Å²) in [5.41, 5.74) is 0.692. The summed E-state index contributed by atoms with van der Waals surface area (Å²) >= 11 is 3.03. The summed E-state index contributed by atoms with van der Waals surface area (Å²) in [6, 6.07) is 6.31. The Bertz CT molecular complexity index is 946. The third kappa shape index (κ3) is 3.99. The van der Waals surface area contributed by atoms with E-state index in [0.717, 1.165) is 23.8 Å². The summed E-state index contributed by atoms with van der Waals surface area (Å²) in [5.74, 6) is -1.09. The summed E-state index contributed by atoms with van der Waals surface area (Å²) in [5, 5.41) is 0. The molecule has 2 aromatic carbocycles. The number of rotatable bonds is 6. The Labute approximate surface area is 159 Å². The molecule has 0 aliphatic carbocycles. The van der Waals surface area contributed by atoms with Crippen molar-refractivity contribution in [2.24, 2.45) is 0 Å². The number of aryl methyl sites for hydroxylation is 1. The predicted molar refractivity (Wildman–Crippen MR) is 98.6 cm³/mol. The summed E-state index contributed by atoms with van der Waals surface area (Å²) in [7, 11) is -1.52. The molecule has 2 aromatic rings. The van der Waals surface area contributed by atoms with Crippen molar-refractivity contribution in [2.75, 3.05) is 18.9 Å². The van der Waals surface area contributed by atoms with Gasteiger partial charge in [-0.15, -0.1) is 0 Å². The lowest BCUT2D eigenvalue weighted by Gasteiger charge is -2.17. The van der Waals surface area contributed by atoms with E-state index in [1.807, 2.05) is 6.92 Å². The first-order valence-corrected chi connectivity index (χ1v) is 9.78. The predicted octanol–water partition coefficient (Wildman–Crippen LogP) is 3.75. The molecular weight excluding hydrogens is 429 g/mol. The Balaban J connectivity index is 2.59. The second-order valence-corrected chi connectivity index (χ2v) is 7.71. The highest BCUT2D eigenvalue weighted by atomic mass is 79.9. The number of sulfonamides is 1. The van der Waals surface area contributed by atoms with Crippen LogP contribution < -0.4 is 9.46 Å². The molecule has 0 unspecified atom stereocenters. The van der Waals surface area contributed by atoms with E-state index in [9.17, 15) is 17.6 Å². The largest absolute Gasteiger partial charge is 0.495 e. The standard InChI is InChI=1S/C17H17BrFNO5S/c1-4-10-5-7-13(15(16(10)24-2)17(21)25-3)20-26(22,23)14-8-6-11(19)9-12(14)18/h5-9,20H,4H2,1-3H3. The van der Waals surface area contributed by atoms with Crippen LogP contribution in [0, 0.1) is 5.82 Å². The minimum atomic E-state index is -4.10. The number of esters is 1. The van der Waals surface area contributed by atoms with E-state index in [2.05, 4.69) is 20.7 Å². The van der Waals surface area contributed by atoms with E-state index in [-0.39, 0.29) is 26.4 Å². The van der Waals surface area contributed by atoms with Gasteiger partial charge in [0.2, 0.25) is 0 Å². The molecule has 0 amide bonds. The number of benzene rings is 2. The molecule has 0 fully saturated rings. The Kier molecular flexibility index (Phi) is 6.25. The minimum absolute atomic E-state index is 0.00197. The van der Waals surface area contributed by atoms with Crippen molar-refractivity contribution in [3.05, 3.63) is 51.7 Å². The van der Waals surface area contributed by atoms with Crippen molar-refractivity contribution in [2.45, 2.75) is 18.2 Å². The van der Waals surface area contributed by atoms with Crippen LogP contribution in [0.4, 0.5) is 10.1 Å². The number of anilines is 1. The zero-order valence-corrected chi connectivity index (χ0v) is 16.7. The van der Waals surface area contributed by atoms with Gasteiger partial charge in [-0.2, -0.15) is 0 Å². The Morgan fingerprint density at radius 1 is 1.23 bits per heavy atom. The van der Waals surface area contributed by atoms with E-state index in [1.54, 1.807) is 6.07 Å². The van der Waals surface area contributed by atoms with Crippen molar-refractivity contribution in [1.29, 1.82) is 0 Å². The smallest absolute Gasteiger partial charge is 0.343 e. The zero-order chi connectivity index (χ0) is 19.5. The van der Waals surface area contributed by atoms with E-state index in [0.29, 0.717) is 6.42 Å². The fourth-order valence-electron chi connectivity index (χ4n) is 2.42. The Morgan fingerprint density at radius 2 is 1.92 bits per heavy atom. The number of carbonyl (C=O) groups is 1. The molecule has 0 radical (unpaired) electrons. The van der Waals surface area contributed by atoms with Gasteiger partial charge in [-0.05, 0) is 52.2 Å². The molecule has 0 spiro atoms.